The summed E-state index contributed by atoms with van der Waals surface area (Å²) in [4.78, 5) is 24.3. The third-order valence-electron chi connectivity index (χ3n) is 6.08. The predicted octanol–water partition coefficient (Wildman–Crippen LogP) is 1.53. The summed E-state index contributed by atoms with van der Waals surface area (Å²) in [5.74, 6) is 2.04. The lowest BCUT2D eigenvalue weighted by molar-refractivity contribution is -0.123. The van der Waals surface area contributed by atoms with Crippen LogP contribution in [0.1, 0.15) is 32.6 Å². The van der Waals surface area contributed by atoms with E-state index in [0.29, 0.717) is 11.8 Å². The molecule has 2 atom stereocenters. The maximum atomic E-state index is 13.1. The summed E-state index contributed by atoms with van der Waals surface area (Å²) in [5.41, 5.74) is 0.864. The summed E-state index contributed by atoms with van der Waals surface area (Å²) in [5, 5.41) is 14.6. The average molecular weight is 424 g/mol. The van der Waals surface area contributed by atoms with Gasteiger partial charge < -0.3 is 25.4 Å². The van der Waals surface area contributed by atoms with E-state index in [9.17, 15) is 4.79 Å². The lowest BCUT2D eigenvalue weighted by Crippen LogP contribution is -2.51. The molecule has 5 rings (SSSR count). The van der Waals surface area contributed by atoms with Crippen LogP contribution >= 0.6 is 0 Å². The molecule has 1 amide bonds. The van der Waals surface area contributed by atoms with Gasteiger partial charge in [0.15, 0.2) is 5.82 Å². The third kappa shape index (κ3) is 4.07. The number of carbonyl (C=O) groups is 1. The van der Waals surface area contributed by atoms with Crippen molar-refractivity contribution < 1.29 is 4.79 Å². The number of aryl methyl sites for hydroxylation is 1. The number of amides is 1. The van der Waals surface area contributed by atoms with Crippen molar-refractivity contribution in [2.45, 2.75) is 51.2 Å². The van der Waals surface area contributed by atoms with E-state index in [1.807, 2.05) is 34.0 Å². The zero-order valence-electron chi connectivity index (χ0n) is 17.8. The molecule has 3 aromatic heterocycles. The largest absolute Gasteiger partial charge is 0.350 e. The minimum Gasteiger partial charge on any atom is -0.350 e. The molecule has 0 saturated carbocycles. The van der Waals surface area contributed by atoms with E-state index in [-0.39, 0.29) is 18.0 Å². The second kappa shape index (κ2) is 8.54. The van der Waals surface area contributed by atoms with E-state index in [0.717, 1.165) is 63.2 Å². The molecule has 3 aromatic rings. The van der Waals surface area contributed by atoms with Gasteiger partial charge in [-0.1, -0.05) is 0 Å². The van der Waals surface area contributed by atoms with Gasteiger partial charge in [-0.25, -0.2) is 9.50 Å². The van der Waals surface area contributed by atoms with E-state index < -0.39 is 0 Å². The van der Waals surface area contributed by atoms with E-state index in [4.69, 9.17) is 10.1 Å². The van der Waals surface area contributed by atoms with Gasteiger partial charge >= 0.3 is 0 Å². The molecule has 2 fully saturated rings. The number of hydrogen-bond acceptors (Lipinski definition) is 7. The van der Waals surface area contributed by atoms with Gasteiger partial charge in [0.1, 0.15) is 17.4 Å². The average Bonchev–Trinajstić information content (AvgIpc) is 3.54. The van der Waals surface area contributed by atoms with Crippen molar-refractivity contribution in [2.24, 2.45) is 0 Å². The lowest BCUT2D eigenvalue weighted by atomic mass is 10.1. The highest BCUT2D eigenvalue weighted by Crippen LogP contribution is 2.27. The molecule has 0 spiro atoms. The number of piperidine rings is 1. The van der Waals surface area contributed by atoms with Gasteiger partial charge in [0.2, 0.25) is 11.9 Å². The minimum atomic E-state index is -0.248. The van der Waals surface area contributed by atoms with Crippen LogP contribution in [-0.2, 0) is 11.3 Å². The number of imidazole rings is 1. The van der Waals surface area contributed by atoms with Crippen LogP contribution in [-0.4, -0.2) is 61.8 Å². The number of nitrogens with zero attached hydrogens (tertiary/aromatic N) is 6. The molecule has 2 saturated heterocycles. The van der Waals surface area contributed by atoms with Crippen molar-refractivity contribution in [2.75, 3.05) is 29.9 Å². The Balaban J connectivity index is 1.40. The first-order valence-electron chi connectivity index (χ1n) is 11.1. The summed E-state index contributed by atoms with van der Waals surface area (Å²) in [7, 11) is 0. The van der Waals surface area contributed by atoms with Gasteiger partial charge in [-0.2, -0.15) is 4.98 Å². The Morgan fingerprint density at radius 3 is 3.06 bits per heavy atom. The Kier molecular flexibility index (Phi) is 5.46. The van der Waals surface area contributed by atoms with Crippen LogP contribution in [0, 0.1) is 0 Å². The zero-order valence-corrected chi connectivity index (χ0v) is 17.8. The molecule has 164 valence electrons. The summed E-state index contributed by atoms with van der Waals surface area (Å²) >= 11 is 0. The summed E-state index contributed by atoms with van der Waals surface area (Å²) < 4.78 is 3.81. The second-order valence-corrected chi connectivity index (χ2v) is 8.22. The van der Waals surface area contributed by atoms with Crippen molar-refractivity contribution >= 4 is 29.0 Å². The molecular weight excluding hydrogens is 394 g/mol. The Morgan fingerprint density at radius 1 is 1.32 bits per heavy atom. The van der Waals surface area contributed by atoms with E-state index in [1.165, 1.54) is 0 Å². The molecule has 5 heterocycles. The lowest BCUT2D eigenvalue weighted by Gasteiger charge is -2.28. The van der Waals surface area contributed by atoms with Crippen molar-refractivity contribution in [3.8, 4) is 0 Å². The predicted molar refractivity (Wildman–Crippen MR) is 119 cm³/mol. The van der Waals surface area contributed by atoms with Crippen molar-refractivity contribution in [3.05, 3.63) is 30.9 Å². The fourth-order valence-electron chi connectivity index (χ4n) is 4.41. The maximum Gasteiger partial charge on any atom is 0.246 e. The number of nitrogens with one attached hydrogen (secondary N) is 3. The van der Waals surface area contributed by atoms with E-state index >= 15 is 0 Å². The quantitative estimate of drug-likeness (QED) is 0.552. The van der Waals surface area contributed by atoms with E-state index in [2.05, 4.69) is 27.9 Å². The SMILES string of the molecule is CCn1cnc(Nc2nc(N3CCCC3C(=O)N[C@@H]3CCCNC3)nn3cccc23)c1. The van der Waals surface area contributed by atoms with Crippen molar-refractivity contribution in [1.82, 2.24) is 34.8 Å². The summed E-state index contributed by atoms with van der Waals surface area (Å²) in [6, 6.07) is 3.85. The molecule has 0 aliphatic carbocycles. The van der Waals surface area contributed by atoms with Gasteiger partial charge in [-0.15, -0.1) is 5.10 Å². The van der Waals surface area contributed by atoms with Gasteiger partial charge in [0, 0.05) is 38.1 Å². The van der Waals surface area contributed by atoms with Crippen LogP contribution in [0.25, 0.3) is 5.52 Å². The number of aromatic nitrogens is 5. The van der Waals surface area contributed by atoms with Gasteiger partial charge in [0.05, 0.1) is 6.33 Å². The normalized spacial score (nSPS) is 21.5. The Bertz CT molecular complexity index is 1050. The monoisotopic (exact) mass is 423 g/mol. The van der Waals surface area contributed by atoms with Crippen LogP contribution in [0.2, 0.25) is 0 Å². The molecule has 0 aromatic carbocycles. The molecule has 2 aliphatic heterocycles. The molecule has 31 heavy (non-hydrogen) atoms. The fourth-order valence-corrected chi connectivity index (χ4v) is 4.41. The van der Waals surface area contributed by atoms with Crippen molar-refractivity contribution in [3.63, 3.8) is 0 Å². The van der Waals surface area contributed by atoms with Crippen molar-refractivity contribution in [1.29, 1.82) is 0 Å². The Morgan fingerprint density at radius 2 is 2.26 bits per heavy atom. The number of rotatable bonds is 6. The number of anilines is 3. The van der Waals surface area contributed by atoms with E-state index in [1.54, 1.807) is 10.8 Å². The number of hydrogen-bond donors (Lipinski definition) is 3. The highest BCUT2D eigenvalue weighted by atomic mass is 16.2. The second-order valence-electron chi connectivity index (χ2n) is 8.22. The van der Waals surface area contributed by atoms with Gasteiger partial charge in [-0.05, 0) is 51.3 Å². The molecule has 1 unspecified atom stereocenters. The van der Waals surface area contributed by atoms with Gasteiger partial charge in [0.25, 0.3) is 0 Å². The highest BCUT2D eigenvalue weighted by molar-refractivity contribution is 5.86. The first-order valence-corrected chi connectivity index (χ1v) is 11.1. The fraction of sp³-hybridized carbons (Fsp3) is 0.524. The Hall–Kier alpha value is -3.14. The van der Waals surface area contributed by atoms with Crippen LogP contribution in [0.4, 0.5) is 17.6 Å². The standard InChI is InChI=1S/C21H29N9O/c1-2-28-13-18(23-14-28)25-19-16-7-5-11-30(16)27-21(26-19)29-10-4-8-17(29)20(31)24-15-6-3-9-22-12-15/h5,7,11,13-15,17,22H,2-4,6,8-10,12H2,1H3,(H,24,31)(H,25,26,27)/t15-,17?/m1/s1. The first kappa shape index (κ1) is 19.8. The van der Waals surface area contributed by atoms with Crippen LogP contribution in [0.15, 0.2) is 30.9 Å². The van der Waals surface area contributed by atoms with Crippen LogP contribution in [0.5, 0.6) is 0 Å². The minimum absolute atomic E-state index is 0.0681. The maximum absolute atomic E-state index is 13.1. The molecule has 10 heteroatoms. The summed E-state index contributed by atoms with van der Waals surface area (Å²) in [6.45, 7) is 5.55. The summed E-state index contributed by atoms with van der Waals surface area (Å²) in [6.07, 6.45) is 9.51. The first-order chi connectivity index (χ1) is 15.2. The molecular formula is C21H29N9O. The van der Waals surface area contributed by atoms with Gasteiger partial charge in [-0.3, -0.25) is 4.79 Å². The molecule has 10 nitrogen and oxygen atoms in total. The third-order valence-corrected chi connectivity index (χ3v) is 6.08. The molecule has 2 aliphatic rings. The van der Waals surface area contributed by atoms with Crippen LogP contribution in [0.3, 0.4) is 0 Å². The molecule has 0 bridgehead atoms. The smallest absolute Gasteiger partial charge is 0.246 e. The molecule has 0 radical (unpaired) electrons. The molecule has 3 N–H and O–H groups in total. The highest BCUT2D eigenvalue weighted by Gasteiger charge is 2.34. The zero-order chi connectivity index (χ0) is 21.2. The topological polar surface area (TPSA) is 104 Å². The van der Waals surface area contributed by atoms with Crippen LogP contribution < -0.4 is 20.9 Å². The number of fused-ring (bicyclic) bond motifs is 1. The number of carbonyl (C=O) groups excluding carboxylic acids is 1. The Labute approximate surface area is 181 Å².